The van der Waals surface area contributed by atoms with E-state index in [1.165, 1.54) is 16.7 Å². The molecule has 8 heteroatoms. The van der Waals surface area contributed by atoms with E-state index in [0.717, 1.165) is 16.6 Å². The van der Waals surface area contributed by atoms with Crippen molar-refractivity contribution in [2.24, 2.45) is 0 Å². The van der Waals surface area contributed by atoms with E-state index in [0.29, 0.717) is 11.0 Å². The zero-order valence-corrected chi connectivity index (χ0v) is 16.5. The number of hydrogen-bond donors (Lipinski definition) is 2. The molecule has 0 aliphatic heterocycles. The second kappa shape index (κ2) is 9.18. The topological polar surface area (TPSA) is 87.2 Å². The van der Waals surface area contributed by atoms with Gasteiger partial charge in [0.1, 0.15) is 5.82 Å². The molecule has 7 nitrogen and oxygen atoms in total. The van der Waals surface area contributed by atoms with Crippen molar-refractivity contribution in [1.82, 2.24) is 20.2 Å². The highest BCUT2D eigenvalue weighted by Gasteiger charge is 2.12. The lowest BCUT2D eigenvalue weighted by atomic mass is 10.2. The van der Waals surface area contributed by atoms with Crippen LogP contribution in [0.2, 0.25) is 0 Å². The number of nitrogens with one attached hydrogen (secondary N) is 2. The first-order valence-corrected chi connectivity index (χ1v) is 9.70. The standard InChI is InChI=1S/C20H21N5O2S/c1-25(2)18(27)12-21-17(26)13-28-20-23-16-11-7-6-10-15(16)19(24-20)22-14-8-4-3-5-9-14/h3-11H,12-13H2,1-2H3,(H,21,26)(H,22,23,24). The van der Waals surface area contributed by atoms with Gasteiger partial charge in [0.15, 0.2) is 5.16 Å². The van der Waals surface area contributed by atoms with Crippen LogP contribution in [0.4, 0.5) is 11.5 Å². The minimum Gasteiger partial charge on any atom is -0.347 e. The number of amides is 2. The third kappa shape index (κ3) is 5.20. The predicted molar refractivity (Wildman–Crippen MR) is 112 cm³/mol. The van der Waals surface area contributed by atoms with Crippen LogP contribution in [-0.4, -0.2) is 53.1 Å². The molecule has 0 radical (unpaired) electrons. The maximum atomic E-state index is 12.0. The fraction of sp³-hybridized carbons (Fsp3) is 0.200. The first kappa shape index (κ1) is 19.6. The van der Waals surface area contributed by atoms with Crippen LogP contribution in [0.15, 0.2) is 59.8 Å². The number of para-hydroxylation sites is 2. The average molecular weight is 395 g/mol. The molecule has 2 N–H and O–H groups in total. The van der Waals surface area contributed by atoms with E-state index in [4.69, 9.17) is 0 Å². The van der Waals surface area contributed by atoms with Crippen molar-refractivity contribution in [3.8, 4) is 0 Å². The zero-order chi connectivity index (χ0) is 19.9. The molecule has 144 valence electrons. The number of hydrogen-bond acceptors (Lipinski definition) is 6. The summed E-state index contributed by atoms with van der Waals surface area (Å²) < 4.78 is 0. The summed E-state index contributed by atoms with van der Waals surface area (Å²) in [5, 5.41) is 7.31. The molecule has 0 fully saturated rings. The lowest BCUT2D eigenvalue weighted by Crippen LogP contribution is -2.37. The molecule has 28 heavy (non-hydrogen) atoms. The van der Waals surface area contributed by atoms with Gasteiger partial charge in [-0.05, 0) is 24.3 Å². The monoisotopic (exact) mass is 395 g/mol. The second-order valence-corrected chi connectivity index (χ2v) is 7.16. The van der Waals surface area contributed by atoms with Crippen molar-refractivity contribution in [2.45, 2.75) is 5.16 Å². The van der Waals surface area contributed by atoms with Crippen molar-refractivity contribution in [1.29, 1.82) is 0 Å². The summed E-state index contributed by atoms with van der Waals surface area (Å²) in [5.74, 6) is 0.413. The van der Waals surface area contributed by atoms with Crippen LogP contribution in [-0.2, 0) is 9.59 Å². The molecule has 0 unspecified atom stereocenters. The van der Waals surface area contributed by atoms with Crippen LogP contribution in [0.3, 0.4) is 0 Å². The van der Waals surface area contributed by atoms with E-state index in [1.807, 2.05) is 54.6 Å². The second-order valence-electron chi connectivity index (χ2n) is 6.22. The number of rotatable bonds is 7. The Morgan fingerprint density at radius 1 is 1.00 bits per heavy atom. The number of benzene rings is 2. The molecule has 1 heterocycles. The van der Waals surface area contributed by atoms with Crippen LogP contribution in [0.25, 0.3) is 10.9 Å². The van der Waals surface area contributed by atoms with Crippen LogP contribution in [0.5, 0.6) is 0 Å². The Kier molecular flexibility index (Phi) is 6.44. The summed E-state index contributed by atoms with van der Waals surface area (Å²) in [6.07, 6.45) is 0. The SMILES string of the molecule is CN(C)C(=O)CNC(=O)CSc1nc(Nc2ccccc2)c2ccccc2n1. The predicted octanol–water partition coefficient (Wildman–Crippen LogP) is 2.67. The van der Waals surface area contributed by atoms with Gasteiger partial charge >= 0.3 is 0 Å². The van der Waals surface area contributed by atoms with Crippen LogP contribution in [0, 0.1) is 0 Å². The van der Waals surface area contributed by atoms with Crippen molar-refractivity contribution in [3.63, 3.8) is 0 Å². The molecule has 0 aliphatic carbocycles. The molecule has 2 aromatic carbocycles. The third-order valence-electron chi connectivity index (χ3n) is 3.89. The molecule has 0 spiro atoms. The minimum absolute atomic E-state index is 0.0220. The summed E-state index contributed by atoms with van der Waals surface area (Å²) in [7, 11) is 3.29. The van der Waals surface area contributed by atoms with Gasteiger partial charge in [0.2, 0.25) is 11.8 Å². The summed E-state index contributed by atoms with van der Waals surface area (Å²) in [5.41, 5.74) is 1.71. The fourth-order valence-corrected chi connectivity index (χ4v) is 3.07. The number of likely N-dealkylation sites (N-methyl/N-ethyl adjacent to an activating group) is 1. The number of anilines is 2. The lowest BCUT2D eigenvalue weighted by molar-refractivity contribution is -0.130. The molecule has 0 bridgehead atoms. The number of carbonyl (C=O) groups excluding carboxylic acids is 2. The highest BCUT2D eigenvalue weighted by atomic mass is 32.2. The quantitative estimate of drug-likeness (QED) is 0.472. The summed E-state index contributed by atoms with van der Waals surface area (Å²) in [6.45, 7) is -0.0220. The van der Waals surface area contributed by atoms with Gasteiger partial charge in [0.05, 0.1) is 17.8 Å². The Bertz CT molecular complexity index is 979. The molecule has 0 atom stereocenters. The van der Waals surface area contributed by atoms with E-state index in [2.05, 4.69) is 20.6 Å². The number of aromatic nitrogens is 2. The third-order valence-corrected chi connectivity index (χ3v) is 4.73. The number of fused-ring (bicyclic) bond motifs is 1. The van der Waals surface area contributed by atoms with Crippen molar-refractivity contribution < 1.29 is 9.59 Å². The van der Waals surface area contributed by atoms with Gasteiger partial charge < -0.3 is 15.5 Å². The Morgan fingerprint density at radius 2 is 1.71 bits per heavy atom. The Morgan fingerprint density at radius 3 is 2.46 bits per heavy atom. The zero-order valence-electron chi connectivity index (χ0n) is 15.7. The molecule has 3 aromatic rings. The molecule has 1 aromatic heterocycles. The van der Waals surface area contributed by atoms with E-state index in [-0.39, 0.29) is 24.1 Å². The Balaban J connectivity index is 1.73. The minimum atomic E-state index is -0.241. The van der Waals surface area contributed by atoms with Gasteiger partial charge in [0.25, 0.3) is 0 Å². The first-order chi connectivity index (χ1) is 13.5. The van der Waals surface area contributed by atoms with Gasteiger partial charge in [-0.15, -0.1) is 0 Å². The van der Waals surface area contributed by atoms with E-state index < -0.39 is 0 Å². The maximum Gasteiger partial charge on any atom is 0.241 e. The first-order valence-electron chi connectivity index (χ1n) is 8.71. The number of thioether (sulfide) groups is 1. The van der Waals surface area contributed by atoms with E-state index in [9.17, 15) is 9.59 Å². The van der Waals surface area contributed by atoms with Gasteiger partial charge in [-0.2, -0.15) is 0 Å². The molecule has 0 aliphatic rings. The molecule has 0 saturated heterocycles. The van der Waals surface area contributed by atoms with Crippen molar-refractivity contribution in [3.05, 3.63) is 54.6 Å². The number of nitrogens with zero attached hydrogens (tertiary/aromatic N) is 3. The molecular formula is C20H21N5O2S. The fourth-order valence-electron chi connectivity index (χ4n) is 2.39. The van der Waals surface area contributed by atoms with Gasteiger partial charge in [-0.25, -0.2) is 9.97 Å². The Labute approximate surface area is 167 Å². The molecule has 0 saturated carbocycles. The summed E-state index contributed by atoms with van der Waals surface area (Å²) in [6, 6.07) is 17.5. The highest BCUT2D eigenvalue weighted by molar-refractivity contribution is 7.99. The van der Waals surface area contributed by atoms with Crippen LogP contribution < -0.4 is 10.6 Å². The van der Waals surface area contributed by atoms with Crippen LogP contribution >= 0.6 is 11.8 Å². The molecule has 3 rings (SSSR count). The Hall–Kier alpha value is -3.13. The smallest absolute Gasteiger partial charge is 0.241 e. The highest BCUT2D eigenvalue weighted by Crippen LogP contribution is 2.26. The lowest BCUT2D eigenvalue weighted by Gasteiger charge is -2.12. The summed E-state index contributed by atoms with van der Waals surface area (Å²) >= 11 is 1.23. The normalized spacial score (nSPS) is 10.5. The van der Waals surface area contributed by atoms with Crippen LogP contribution in [0.1, 0.15) is 0 Å². The van der Waals surface area contributed by atoms with Crippen molar-refractivity contribution in [2.75, 3.05) is 31.7 Å². The molecule has 2 amide bonds. The van der Waals surface area contributed by atoms with Gasteiger partial charge in [-0.1, -0.05) is 42.1 Å². The maximum absolute atomic E-state index is 12.0. The van der Waals surface area contributed by atoms with E-state index in [1.54, 1.807) is 14.1 Å². The van der Waals surface area contributed by atoms with Gasteiger partial charge in [0, 0.05) is 25.2 Å². The van der Waals surface area contributed by atoms with E-state index >= 15 is 0 Å². The summed E-state index contributed by atoms with van der Waals surface area (Å²) in [4.78, 5) is 34.1. The number of carbonyl (C=O) groups is 2. The largest absolute Gasteiger partial charge is 0.347 e. The van der Waals surface area contributed by atoms with Crippen molar-refractivity contribution >= 4 is 46.0 Å². The van der Waals surface area contributed by atoms with Gasteiger partial charge in [-0.3, -0.25) is 9.59 Å². The molecular weight excluding hydrogens is 374 g/mol. The average Bonchev–Trinajstić information content (AvgIpc) is 2.71.